The van der Waals surface area contributed by atoms with Gasteiger partial charge in [0, 0.05) is 37.3 Å². The fourth-order valence-electron chi connectivity index (χ4n) is 3.55. The predicted octanol–water partition coefficient (Wildman–Crippen LogP) is 2.82. The van der Waals surface area contributed by atoms with Crippen molar-refractivity contribution in [2.45, 2.75) is 45.4 Å². The molecule has 1 aliphatic heterocycles. The molecule has 3 rings (SSSR count). The van der Waals surface area contributed by atoms with E-state index < -0.39 is 0 Å². The quantitative estimate of drug-likeness (QED) is 0.835. The average molecular weight is 356 g/mol. The summed E-state index contributed by atoms with van der Waals surface area (Å²) in [6.07, 6.45) is 7.06. The zero-order valence-electron chi connectivity index (χ0n) is 15.6. The van der Waals surface area contributed by atoms with E-state index >= 15 is 0 Å². The Labute approximate surface area is 154 Å². The molecule has 1 aliphatic rings. The molecule has 1 fully saturated rings. The molecule has 1 saturated heterocycles. The van der Waals surface area contributed by atoms with Gasteiger partial charge < -0.3 is 15.2 Å². The number of hydrogen-bond acceptors (Lipinski definition) is 3. The molecule has 6 heteroatoms. The summed E-state index contributed by atoms with van der Waals surface area (Å²) < 4.78 is 0. The molecule has 0 bridgehead atoms. The normalized spacial score (nSPS) is 15.6. The molecular weight excluding hydrogens is 328 g/mol. The molecule has 2 aromatic rings. The second-order valence-corrected chi connectivity index (χ2v) is 7.51. The van der Waals surface area contributed by atoms with E-state index in [1.165, 1.54) is 10.9 Å². The minimum atomic E-state index is -0.0340. The maximum Gasteiger partial charge on any atom is 0.241 e. The standard InChI is InChI=1S/C20H28N4O2/c1-14(2)5-6-18(25)22-13-19(26)24-10-7-15(8-11-24)17-12-23-20-16(17)4-3-9-21-20/h3-4,9,12,14-15H,5-8,10-11,13H2,1-2H3,(H,21,23)(H,22,25). The van der Waals surface area contributed by atoms with Gasteiger partial charge in [0.1, 0.15) is 5.65 Å². The minimum Gasteiger partial charge on any atom is -0.347 e. The summed E-state index contributed by atoms with van der Waals surface area (Å²) in [5, 5.41) is 3.93. The number of aromatic nitrogens is 2. The Hall–Kier alpha value is -2.37. The lowest BCUT2D eigenvalue weighted by Crippen LogP contribution is -2.43. The highest BCUT2D eigenvalue weighted by atomic mass is 16.2. The topological polar surface area (TPSA) is 78.1 Å². The number of carbonyl (C=O) groups excluding carboxylic acids is 2. The van der Waals surface area contributed by atoms with E-state index in [0.29, 0.717) is 18.3 Å². The van der Waals surface area contributed by atoms with Gasteiger partial charge in [0.25, 0.3) is 0 Å². The van der Waals surface area contributed by atoms with E-state index in [1.54, 1.807) is 6.20 Å². The van der Waals surface area contributed by atoms with Crippen molar-refractivity contribution in [2.24, 2.45) is 5.92 Å². The number of aromatic amines is 1. The average Bonchev–Trinajstić information content (AvgIpc) is 3.08. The number of pyridine rings is 1. The number of hydrogen-bond donors (Lipinski definition) is 2. The van der Waals surface area contributed by atoms with Crippen LogP contribution in [0.15, 0.2) is 24.5 Å². The van der Waals surface area contributed by atoms with Gasteiger partial charge in [-0.05, 0) is 48.8 Å². The van der Waals surface area contributed by atoms with Crippen LogP contribution in [0.5, 0.6) is 0 Å². The third kappa shape index (κ3) is 4.42. The van der Waals surface area contributed by atoms with Crippen LogP contribution in [-0.4, -0.2) is 46.3 Å². The van der Waals surface area contributed by atoms with Crippen molar-refractivity contribution in [3.8, 4) is 0 Å². The SMILES string of the molecule is CC(C)CCC(=O)NCC(=O)N1CCC(c2c[nH]c3ncccc23)CC1. The van der Waals surface area contributed by atoms with Crippen molar-refractivity contribution in [3.05, 3.63) is 30.1 Å². The number of fused-ring (bicyclic) bond motifs is 1. The van der Waals surface area contributed by atoms with Gasteiger partial charge in [-0.2, -0.15) is 0 Å². The first-order valence-corrected chi connectivity index (χ1v) is 9.51. The highest BCUT2D eigenvalue weighted by molar-refractivity contribution is 5.85. The van der Waals surface area contributed by atoms with E-state index in [0.717, 1.165) is 38.0 Å². The molecular formula is C20H28N4O2. The number of carbonyl (C=O) groups is 2. The molecule has 0 aromatic carbocycles. The van der Waals surface area contributed by atoms with E-state index in [-0.39, 0.29) is 18.4 Å². The van der Waals surface area contributed by atoms with E-state index in [4.69, 9.17) is 0 Å². The number of amides is 2. The molecule has 0 spiro atoms. The maximum absolute atomic E-state index is 12.3. The lowest BCUT2D eigenvalue weighted by Gasteiger charge is -2.32. The number of likely N-dealkylation sites (tertiary alicyclic amines) is 1. The molecule has 6 nitrogen and oxygen atoms in total. The van der Waals surface area contributed by atoms with Crippen molar-refractivity contribution < 1.29 is 9.59 Å². The summed E-state index contributed by atoms with van der Waals surface area (Å²) in [4.78, 5) is 33.6. The molecule has 3 heterocycles. The molecule has 2 aromatic heterocycles. The van der Waals surface area contributed by atoms with Gasteiger partial charge in [-0.15, -0.1) is 0 Å². The van der Waals surface area contributed by atoms with Crippen LogP contribution >= 0.6 is 0 Å². The Morgan fingerprint density at radius 3 is 2.85 bits per heavy atom. The first-order chi connectivity index (χ1) is 12.5. The highest BCUT2D eigenvalue weighted by Crippen LogP contribution is 2.32. The Bertz CT molecular complexity index is 760. The molecule has 0 aliphatic carbocycles. The molecule has 0 atom stereocenters. The van der Waals surface area contributed by atoms with Gasteiger partial charge in [-0.1, -0.05) is 13.8 Å². The molecule has 140 valence electrons. The number of rotatable bonds is 6. The second kappa shape index (κ2) is 8.34. The summed E-state index contributed by atoms with van der Waals surface area (Å²) >= 11 is 0. The Morgan fingerprint density at radius 1 is 1.35 bits per heavy atom. The summed E-state index contributed by atoms with van der Waals surface area (Å²) in [7, 11) is 0. The van der Waals surface area contributed by atoms with Gasteiger partial charge >= 0.3 is 0 Å². The molecule has 2 N–H and O–H groups in total. The van der Waals surface area contributed by atoms with Gasteiger partial charge in [-0.25, -0.2) is 4.98 Å². The van der Waals surface area contributed by atoms with Crippen LogP contribution < -0.4 is 5.32 Å². The van der Waals surface area contributed by atoms with Crippen molar-refractivity contribution in [3.63, 3.8) is 0 Å². The Balaban J connectivity index is 1.47. The summed E-state index contributed by atoms with van der Waals surface area (Å²) in [6.45, 7) is 5.76. The molecule has 0 saturated carbocycles. The summed E-state index contributed by atoms with van der Waals surface area (Å²) in [6, 6.07) is 4.05. The zero-order chi connectivity index (χ0) is 18.5. The first-order valence-electron chi connectivity index (χ1n) is 9.51. The van der Waals surface area contributed by atoms with Crippen LogP contribution in [0, 0.1) is 5.92 Å². The van der Waals surface area contributed by atoms with Crippen LogP contribution in [0.4, 0.5) is 0 Å². The highest BCUT2D eigenvalue weighted by Gasteiger charge is 2.25. The third-order valence-electron chi connectivity index (χ3n) is 5.16. The van der Waals surface area contributed by atoms with Gasteiger partial charge in [-0.3, -0.25) is 9.59 Å². The maximum atomic E-state index is 12.3. The number of nitrogens with one attached hydrogen (secondary N) is 2. The Kier molecular flexibility index (Phi) is 5.91. The fraction of sp³-hybridized carbons (Fsp3) is 0.550. The lowest BCUT2D eigenvalue weighted by molar-refractivity contribution is -0.133. The van der Waals surface area contributed by atoms with Crippen molar-refractivity contribution >= 4 is 22.8 Å². The summed E-state index contributed by atoms with van der Waals surface area (Å²) in [5.74, 6) is 0.919. The van der Waals surface area contributed by atoms with Gasteiger partial charge in [0.15, 0.2) is 0 Å². The molecule has 0 unspecified atom stereocenters. The van der Waals surface area contributed by atoms with Crippen LogP contribution in [0.2, 0.25) is 0 Å². The minimum absolute atomic E-state index is 0.0157. The predicted molar refractivity (Wildman–Crippen MR) is 102 cm³/mol. The molecule has 2 amide bonds. The van der Waals surface area contributed by atoms with E-state index in [1.807, 2.05) is 11.0 Å². The number of piperidine rings is 1. The zero-order valence-corrected chi connectivity index (χ0v) is 15.6. The number of nitrogens with zero attached hydrogens (tertiary/aromatic N) is 2. The van der Waals surface area contributed by atoms with Gasteiger partial charge in [0.2, 0.25) is 11.8 Å². The lowest BCUT2D eigenvalue weighted by atomic mass is 9.89. The van der Waals surface area contributed by atoms with Crippen molar-refractivity contribution in [2.75, 3.05) is 19.6 Å². The van der Waals surface area contributed by atoms with E-state index in [9.17, 15) is 9.59 Å². The van der Waals surface area contributed by atoms with Crippen LogP contribution in [0.3, 0.4) is 0 Å². The summed E-state index contributed by atoms with van der Waals surface area (Å²) in [5.41, 5.74) is 2.22. The van der Waals surface area contributed by atoms with Crippen LogP contribution in [-0.2, 0) is 9.59 Å². The van der Waals surface area contributed by atoms with Gasteiger partial charge in [0.05, 0.1) is 6.54 Å². The largest absolute Gasteiger partial charge is 0.347 e. The van der Waals surface area contributed by atoms with E-state index in [2.05, 4.69) is 41.4 Å². The molecule has 26 heavy (non-hydrogen) atoms. The van der Waals surface area contributed by atoms with Crippen LogP contribution in [0.25, 0.3) is 11.0 Å². The third-order valence-corrected chi connectivity index (χ3v) is 5.16. The van der Waals surface area contributed by atoms with Crippen LogP contribution in [0.1, 0.15) is 51.0 Å². The monoisotopic (exact) mass is 356 g/mol. The Morgan fingerprint density at radius 2 is 2.12 bits per heavy atom. The second-order valence-electron chi connectivity index (χ2n) is 7.51. The smallest absolute Gasteiger partial charge is 0.241 e. The fourth-order valence-corrected chi connectivity index (χ4v) is 3.55. The first kappa shape index (κ1) is 18.4. The molecule has 0 radical (unpaired) electrons. The van der Waals surface area contributed by atoms with Crippen molar-refractivity contribution in [1.29, 1.82) is 0 Å². The number of H-pyrrole nitrogens is 1. The van der Waals surface area contributed by atoms with Crippen molar-refractivity contribution in [1.82, 2.24) is 20.2 Å².